The topological polar surface area (TPSA) is 101 Å². The number of hydrogen-bond donors (Lipinski definition) is 2. The molecule has 1 amide bonds. The van der Waals surface area contributed by atoms with Crippen molar-refractivity contribution in [2.75, 3.05) is 15.8 Å². The van der Waals surface area contributed by atoms with E-state index in [2.05, 4.69) is 20.0 Å². The summed E-state index contributed by atoms with van der Waals surface area (Å²) in [5, 5.41) is 3.74. The van der Waals surface area contributed by atoms with Gasteiger partial charge in [-0.25, -0.2) is 23.1 Å². The number of rotatable bonds is 7. The highest BCUT2D eigenvalue weighted by Crippen LogP contribution is 2.30. The third-order valence-corrected chi connectivity index (χ3v) is 6.57. The second-order valence-corrected chi connectivity index (χ2v) is 9.16. The number of amides is 1. The fourth-order valence-corrected chi connectivity index (χ4v) is 4.43. The molecule has 7 nitrogen and oxygen atoms in total. The Morgan fingerprint density at radius 2 is 1.72 bits per heavy atom. The van der Waals surface area contributed by atoms with Crippen LogP contribution in [0.15, 0.2) is 70.7 Å². The Hall–Kier alpha value is -2.33. The van der Waals surface area contributed by atoms with Crippen molar-refractivity contribution < 1.29 is 13.2 Å². The van der Waals surface area contributed by atoms with Crippen molar-refractivity contribution in [1.29, 1.82) is 0 Å². The van der Waals surface area contributed by atoms with Crippen molar-refractivity contribution in [2.24, 2.45) is 0 Å². The van der Waals surface area contributed by atoms with E-state index in [1.165, 1.54) is 48.4 Å². The Morgan fingerprint density at radius 3 is 2.41 bits per heavy atom. The highest BCUT2D eigenvalue weighted by atomic mass is 35.5. The van der Waals surface area contributed by atoms with Gasteiger partial charge in [-0.05, 0) is 48.5 Å². The molecular weight excluding hydrogens is 455 g/mol. The lowest BCUT2D eigenvalue weighted by Crippen LogP contribution is -2.16. The summed E-state index contributed by atoms with van der Waals surface area (Å²) in [5.74, 6) is -0.174. The standard InChI is InChI=1S/C18H14Cl2N4O3S2/c19-12-2-7-15(20)16(10-12)28-11-17(25)23-13-3-5-14(6-4-13)29(26,27)24-18-21-8-1-9-22-18/h1-10H,11H2,(H,23,25)(H,21,22,24). The molecule has 0 bridgehead atoms. The second-order valence-electron chi connectivity index (χ2n) is 5.61. The van der Waals surface area contributed by atoms with Crippen molar-refractivity contribution in [1.82, 2.24) is 9.97 Å². The smallest absolute Gasteiger partial charge is 0.264 e. The van der Waals surface area contributed by atoms with Gasteiger partial charge in [0.25, 0.3) is 10.0 Å². The lowest BCUT2D eigenvalue weighted by molar-refractivity contribution is -0.113. The molecule has 0 aliphatic rings. The first kappa shape index (κ1) is 21.4. The number of aromatic nitrogens is 2. The van der Waals surface area contributed by atoms with Crippen LogP contribution in [0.2, 0.25) is 10.0 Å². The summed E-state index contributed by atoms with van der Waals surface area (Å²) >= 11 is 13.3. The number of benzene rings is 2. The number of halogens is 2. The van der Waals surface area contributed by atoms with Crippen LogP contribution in [-0.4, -0.2) is 30.0 Å². The van der Waals surface area contributed by atoms with Gasteiger partial charge >= 0.3 is 0 Å². The minimum absolute atomic E-state index is 0.0167. The Kier molecular flexibility index (Phi) is 6.96. The predicted molar refractivity (Wildman–Crippen MR) is 115 cm³/mol. The molecule has 150 valence electrons. The van der Waals surface area contributed by atoms with E-state index in [9.17, 15) is 13.2 Å². The van der Waals surface area contributed by atoms with E-state index in [-0.39, 0.29) is 22.5 Å². The zero-order valence-corrected chi connectivity index (χ0v) is 17.8. The fourth-order valence-electron chi connectivity index (χ4n) is 2.18. The van der Waals surface area contributed by atoms with Crippen LogP contribution in [0.4, 0.5) is 11.6 Å². The molecule has 1 heterocycles. The predicted octanol–water partition coefficient (Wildman–Crippen LogP) is 4.32. The van der Waals surface area contributed by atoms with E-state index in [1.807, 2.05) is 0 Å². The molecule has 0 aliphatic carbocycles. The van der Waals surface area contributed by atoms with E-state index in [0.717, 1.165) is 0 Å². The summed E-state index contributed by atoms with van der Waals surface area (Å²) in [6.07, 6.45) is 2.86. The van der Waals surface area contributed by atoms with Crippen LogP contribution in [0.25, 0.3) is 0 Å². The van der Waals surface area contributed by atoms with Gasteiger partial charge in [-0.3, -0.25) is 4.79 Å². The molecule has 3 aromatic rings. The number of carbonyl (C=O) groups excluding carboxylic acids is 1. The average Bonchev–Trinajstić information content (AvgIpc) is 2.69. The summed E-state index contributed by atoms with van der Waals surface area (Å²) < 4.78 is 27.0. The van der Waals surface area contributed by atoms with Gasteiger partial charge in [-0.2, -0.15) is 0 Å². The van der Waals surface area contributed by atoms with Crippen molar-refractivity contribution in [3.63, 3.8) is 0 Å². The molecule has 0 atom stereocenters. The van der Waals surface area contributed by atoms with E-state index in [1.54, 1.807) is 24.3 Å². The minimum Gasteiger partial charge on any atom is -0.325 e. The van der Waals surface area contributed by atoms with E-state index < -0.39 is 10.0 Å². The van der Waals surface area contributed by atoms with Gasteiger partial charge in [0.05, 0.1) is 15.7 Å². The van der Waals surface area contributed by atoms with Crippen molar-refractivity contribution in [3.8, 4) is 0 Å². The molecule has 0 radical (unpaired) electrons. The summed E-state index contributed by atoms with van der Waals surface area (Å²) in [7, 11) is -3.83. The highest BCUT2D eigenvalue weighted by Gasteiger charge is 2.15. The summed E-state index contributed by atoms with van der Waals surface area (Å²) in [4.78, 5) is 20.5. The van der Waals surface area contributed by atoms with Crippen molar-refractivity contribution in [3.05, 3.63) is 71.0 Å². The molecule has 0 spiro atoms. The molecule has 2 N–H and O–H groups in total. The van der Waals surface area contributed by atoms with Gasteiger partial charge in [0.1, 0.15) is 0 Å². The number of nitrogens with one attached hydrogen (secondary N) is 2. The number of hydrogen-bond acceptors (Lipinski definition) is 6. The van der Waals surface area contributed by atoms with Crippen LogP contribution >= 0.6 is 35.0 Å². The summed E-state index contributed by atoms with van der Waals surface area (Å²) in [6.45, 7) is 0. The SMILES string of the molecule is O=C(CSc1cc(Cl)ccc1Cl)Nc1ccc(S(=O)(=O)Nc2ncccn2)cc1. The largest absolute Gasteiger partial charge is 0.325 e. The zero-order chi connectivity index (χ0) is 20.9. The second kappa shape index (κ2) is 9.45. The van der Waals surface area contributed by atoms with Gasteiger partial charge in [0.2, 0.25) is 11.9 Å². The van der Waals surface area contributed by atoms with Gasteiger partial charge < -0.3 is 5.32 Å². The first-order valence-electron chi connectivity index (χ1n) is 8.11. The molecule has 2 aromatic carbocycles. The maximum atomic E-state index is 12.3. The normalized spacial score (nSPS) is 11.1. The van der Waals surface area contributed by atoms with Gasteiger partial charge in [0, 0.05) is 28.0 Å². The Bertz CT molecular complexity index is 1110. The first-order valence-corrected chi connectivity index (χ1v) is 11.3. The maximum absolute atomic E-state index is 12.3. The highest BCUT2D eigenvalue weighted by molar-refractivity contribution is 8.00. The molecule has 3 rings (SSSR count). The van der Waals surface area contributed by atoms with E-state index in [4.69, 9.17) is 23.2 Å². The third kappa shape index (κ3) is 6.07. The molecule has 1 aromatic heterocycles. The maximum Gasteiger partial charge on any atom is 0.264 e. The first-order chi connectivity index (χ1) is 13.8. The summed E-state index contributed by atoms with van der Waals surface area (Å²) in [5.41, 5.74) is 0.461. The van der Waals surface area contributed by atoms with Crippen molar-refractivity contribution >= 4 is 62.5 Å². The molecular formula is C18H14Cl2N4O3S2. The molecule has 0 aliphatic heterocycles. The number of sulfonamides is 1. The van der Waals surface area contributed by atoms with Crippen LogP contribution in [0.3, 0.4) is 0 Å². The van der Waals surface area contributed by atoms with Crippen LogP contribution in [0, 0.1) is 0 Å². The number of thioether (sulfide) groups is 1. The molecule has 29 heavy (non-hydrogen) atoms. The summed E-state index contributed by atoms with van der Waals surface area (Å²) in [6, 6.07) is 12.3. The van der Waals surface area contributed by atoms with Crippen LogP contribution in [-0.2, 0) is 14.8 Å². The molecule has 0 saturated heterocycles. The van der Waals surface area contributed by atoms with Gasteiger partial charge in [-0.15, -0.1) is 11.8 Å². The van der Waals surface area contributed by atoms with Crippen LogP contribution < -0.4 is 10.0 Å². The molecule has 11 heteroatoms. The Morgan fingerprint density at radius 1 is 1.03 bits per heavy atom. The monoisotopic (exact) mass is 468 g/mol. The van der Waals surface area contributed by atoms with Gasteiger partial charge in [-0.1, -0.05) is 23.2 Å². The Balaban J connectivity index is 1.60. The zero-order valence-electron chi connectivity index (χ0n) is 14.7. The van der Waals surface area contributed by atoms with Crippen LogP contribution in [0.1, 0.15) is 0 Å². The lowest BCUT2D eigenvalue weighted by atomic mass is 10.3. The number of carbonyl (C=O) groups is 1. The number of anilines is 2. The lowest BCUT2D eigenvalue weighted by Gasteiger charge is -2.09. The molecule has 0 saturated carbocycles. The fraction of sp³-hybridized carbons (Fsp3) is 0.0556. The van der Waals surface area contributed by atoms with Crippen LogP contribution in [0.5, 0.6) is 0 Å². The van der Waals surface area contributed by atoms with E-state index >= 15 is 0 Å². The minimum atomic E-state index is -3.83. The number of nitrogens with zero attached hydrogens (tertiary/aromatic N) is 2. The Labute approximate surface area is 181 Å². The quantitative estimate of drug-likeness (QED) is 0.500. The molecule has 0 unspecified atom stereocenters. The van der Waals surface area contributed by atoms with Gasteiger partial charge in [0.15, 0.2) is 0 Å². The van der Waals surface area contributed by atoms with E-state index in [0.29, 0.717) is 20.6 Å². The molecule has 0 fully saturated rings. The van der Waals surface area contributed by atoms with Crippen molar-refractivity contribution in [2.45, 2.75) is 9.79 Å². The average molecular weight is 469 g/mol. The third-order valence-electron chi connectivity index (χ3n) is 3.49.